The van der Waals surface area contributed by atoms with Crippen molar-refractivity contribution in [3.8, 4) is 0 Å². The van der Waals surface area contributed by atoms with Crippen LogP contribution in [0.1, 0.15) is 21.6 Å². The Morgan fingerprint density at radius 2 is 2.00 bits per heavy atom. The van der Waals surface area contributed by atoms with Gasteiger partial charge < -0.3 is 9.72 Å². The zero-order valence-corrected chi connectivity index (χ0v) is 12.5. The van der Waals surface area contributed by atoms with Crippen LogP contribution < -0.4 is 5.32 Å². The summed E-state index contributed by atoms with van der Waals surface area (Å²) >= 11 is 0. The summed E-state index contributed by atoms with van der Waals surface area (Å²) in [5, 5.41) is 2.67. The largest absolute Gasteiger partial charge is 0.352 e. The van der Waals surface area contributed by atoms with Crippen molar-refractivity contribution in [2.75, 3.05) is 6.54 Å². The maximum Gasteiger partial charge on any atom is 0.251 e. The van der Waals surface area contributed by atoms with Crippen molar-refractivity contribution in [2.45, 2.75) is 13.3 Å². The van der Waals surface area contributed by atoms with E-state index in [2.05, 4.69) is 10.3 Å². The van der Waals surface area contributed by atoms with Crippen LogP contribution in [-0.4, -0.2) is 21.8 Å². The fraction of sp³-hybridized carbons (Fsp3) is 0.176. The second-order valence-corrected chi connectivity index (χ2v) is 5.34. The van der Waals surface area contributed by atoms with Crippen molar-refractivity contribution in [1.29, 1.82) is 0 Å². The fourth-order valence-corrected chi connectivity index (χ4v) is 2.32. The van der Waals surface area contributed by atoms with E-state index in [-0.39, 0.29) is 5.56 Å². The Hall–Kier alpha value is -2.76. The Labute approximate surface area is 131 Å². The molecule has 2 aromatic heterocycles. The van der Waals surface area contributed by atoms with E-state index in [9.17, 15) is 13.6 Å². The molecule has 2 heterocycles. The highest BCUT2D eigenvalue weighted by Crippen LogP contribution is 2.09. The maximum absolute atomic E-state index is 13.1. The molecule has 0 spiro atoms. The average Bonchev–Trinajstić information content (AvgIpc) is 2.91. The van der Waals surface area contributed by atoms with E-state index in [1.807, 2.05) is 35.9 Å². The molecule has 0 saturated carbocycles. The Morgan fingerprint density at radius 1 is 1.17 bits per heavy atom. The molecule has 0 aliphatic carbocycles. The van der Waals surface area contributed by atoms with Gasteiger partial charge in [0.15, 0.2) is 11.6 Å². The first-order chi connectivity index (χ1) is 11.0. The van der Waals surface area contributed by atoms with Crippen LogP contribution in [0.15, 0.2) is 42.7 Å². The molecule has 23 heavy (non-hydrogen) atoms. The standard InChI is InChI=1S/C17H15F2N3O/c1-11-2-5-16-21-13(10-22(16)9-11)6-7-20-17(23)12-3-4-14(18)15(19)8-12/h2-5,8-10H,6-7H2,1H3,(H,20,23). The number of rotatable bonds is 4. The first kappa shape index (κ1) is 15.1. The first-order valence-corrected chi connectivity index (χ1v) is 7.20. The molecule has 0 saturated heterocycles. The number of carbonyl (C=O) groups is 1. The summed E-state index contributed by atoms with van der Waals surface area (Å²) in [6.45, 7) is 2.36. The molecule has 0 atom stereocenters. The molecule has 0 aliphatic rings. The van der Waals surface area contributed by atoms with Crippen LogP contribution in [0.4, 0.5) is 8.78 Å². The number of hydrogen-bond donors (Lipinski definition) is 1. The predicted molar refractivity (Wildman–Crippen MR) is 82.3 cm³/mol. The van der Waals surface area contributed by atoms with Crippen molar-refractivity contribution in [2.24, 2.45) is 0 Å². The molecule has 0 bridgehead atoms. The lowest BCUT2D eigenvalue weighted by molar-refractivity contribution is 0.0953. The van der Waals surface area contributed by atoms with Gasteiger partial charge in [-0.05, 0) is 36.8 Å². The molecule has 0 radical (unpaired) electrons. The van der Waals surface area contributed by atoms with E-state index in [1.54, 1.807) is 0 Å². The normalized spacial score (nSPS) is 10.9. The van der Waals surface area contributed by atoms with E-state index in [4.69, 9.17) is 0 Å². The molecule has 0 fully saturated rings. The van der Waals surface area contributed by atoms with E-state index >= 15 is 0 Å². The molecule has 3 rings (SSSR count). The highest BCUT2D eigenvalue weighted by Gasteiger charge is 2.09. The summed E-state index contributed by atoms with van der Waals surface area (Å²) in [5.41, 5.74) is 2.92. The Bertz CT molecular complexity index is 873. The van der Waals surface area contributed by atoms with Gasteiger partial charge in [0.1, 0.15) is 5.65 Å². The molecular formula is C17H15F2N3O. The SMILES string of the molecule is Cc1ccc2nc(CCNC(=O)c3ccc(F)c(F)c3)cn2c1. The van der Waals surface area contributed by atoms with Gasteiger partial charge in [-0.25, -0.2) is 13.8 Å². The third-order valence-electron chi connectivity index (χ3n) is 3.50. The second-order valence-electron chi connectivity index (χ2n) is 5.34. The van der Waals surface area contributed by atoms with Gasteiger partial charge in [-0.15, -0.1) is 0 Å². The van der Waals surface area contributed by atoms with Gasteiger partial charge in [0, 0.05) is 30.9 Å². The molecule has 4 nitrogen and oxygen atoms in total. The van der Waals surface area contributed by atoms with Gasteiger partial charge in [-0.1, -0.05) is 6.07 Å². The van der Waals surface area contributed by atoms with Crippen LogP contribution in [0, 0.1) is 18.6 Å². The van der Waals surface area contributed by atoms with E-state index in [0.717, 1.165) is 29.0 Å². The van der Waals surface area contributed by atoms with Crippen LogP contribution in [0.5, 0.6) is 0 Å². The average molecular weight is 315 g/mol. The predicted octanol–water partition coefficient (Wildman–Crippen LogP) is 2.89. The summed E-state index contributed by atoms with van der Waals surface area (Å²) in [7, 11) is 0. The second kappa shape index (κ2) is 6.16. The summed E-state index contributed by atoms with van der Waals surface area (Å²) in [5.74, 6) is -2.45. The topological polar surface area (TPSA) is 46.4 Å². The molecule has 0 unspecified atom stereocenters. The quantitative estimate of drug-likeness (QED) is 0.805. The Morgan fingerprint density at radius 3 is 2.78 bits per heavy atom. The zero-order chi connectivity index (χ0) is 16.4. The van der Waals surface area contributed by atoms with E-state index in [0.29, 0.717) is 13.0 Å². The highest BCUT2D eigenvalue weighted by atomic mass is 19.2. The number of halogens is 2. The van der Waals surface area contributed by atoms with Gasteiger partial charge >= 0.3 is 0 Å². The number of aryl methyl sites for hydroxylation is 1. The van der Waals surface area contributed by atoms with Crippen molar-refractivity contribution in [3.05, 3.63) is 71.2 Å². The van der Waals surface area contributed by atoms with Crippen molar-refractivity contribution >= 4 is 11.6 Å². The van der Waals surface area contributed by atoms with Crippen LogP contribution in [0.2, 0.25) is 0 Å². The number of fused-ring (bicyclic) bond motifs is 1. The lowest BCUT2D eigenvalue weighted by atomic mass is 10.2. The summed E-state index contributed by atoms with van der Waals surface area (Å²) in [6.07, 6.45) is 4.44. The van der Waals surface area contributed by atoms with Crippen LogP contribution in [0.3, 0.4) is 0 Å². The third kappa shape index (κ3) is 3.36. The third-order valence-corrected chi connectivity index (χ3v) is 3.50. The lowest BCUT2D eigenvalue weighted by Crippen LogP contribution is -2.25. The number of carbonyl (C=O) groups excluding carboxylic acids is 1. The lowest BCUT2D eigenvalue weighted by Gasteiger charge is -2.04. The Balaban J connectivity index is 1.61. The number of aromatic nitrogens is 2. The van der Waals surface area contributed by atoms with Gasteiger partial charge in [0.2, 0.25) is 0 Å². The molecule has 0 aliphatic heterocycles. The number of imidazole rings is 1. The van der Waals surface area contributed by atoms with Gasteiger partial charge in [-0.2, -0.15) is 0 Å². The highest BCUT2D eigenvalue weighted by molar-refractivity contribution is 5.94. The van der Waals surface area contributed by atoms with E-state index in [1.165, 1.54) is 6.07 Å². The monoisotopic (exact) mass is 315 g/mol. The smallest absolute Gasteiger partial charge is 0.251 e. The van der Waals surface area contributed by atoms with Crippen molar-refractivity contribution in [3.63, 3.8) is 0 Å². The first-order valence-electron chi connectivity index (χ1n) is 7.20. The summed E-state index contributed by atoms with van der Waals surface area (Å²) < 4.78 is 27.9. The molecule has 3 aromatic rings. The minimum atomic E-state index is -1.03. The van der Waals surface area contributed by atoms with Crippen LogP contribution in [0.25, 0.3) is 5.65 Å². The zero-order valence-electron chi connectivity index (χ0n) is 12.5. The van der Waals surface area contributed by atoms with Gasteiger partial charge in [-0.3, -0.25) is 4.79 Å². The Kier molecular flexibility index (Phi) is 4.06. The fourth-order valence-electron chi connectivity index (χ4n) is 2.32. The minimum absolute atomic E-state index is 0.0922. The minimum Gasteiger partial charge on any atom is -0.352 e. The van der Waals surface area contributed by atoms with Gasteiger partial charge in [0.25, 0.3) is 5.91 Å². The van der Waals surface area contributed by atoms with Crippen molar-refractivity contribution in [1.82, 2.24) is 14.7 Å². The number of nitrogens with one attached hydrogen (secondary N) is 1. The molecule has 1 aromatic carbocycles. The summed E-state index contributed by atoms with van der Waals surface area (Å²) in [6, 6.07) is 6.99. The summed E-state index contributed by atoms with van der Waals surface area (Å²) in [4.78, 5) is 16.3. The number of benzene rings is 1. The molecule has 1 N–H and O–H groups in total. The number of hydrogen-bond acceptors (Lipinski definition) is 2. The van der Waals surface area contributed by atoms with Crippen LogP contribution in [-0.2, 0) is 6.42 Å². The molecular weight excluding hydrogens is 300 g/mol. The number of nitrogens with zero attached hydrogens (tertiary/aromatic N) is 2. The maximum atomic E-state index is 13.1. The van der Waals surface area contributed by atoms with Crippen LogP contribution >= 0.6 is 0 Å². The van der Waals surface area contributed by atoms with Gasteiger partial charge in [0.05, 0.1) is 5.69 Å². The number of pyridine rings is 1. The van der Waals surface area contributed by atoms with E-state index < -0.39 is 17.5 Å². The number of amides is 1. The molecule has 6 heteroatoms. The molecule has 1 amide bonds. The van der Waals surface area contributed by atoms with Crippen molar-refractivity contribution < 1.29 is 13.6 Å². The molecule has 118 valence electrons.